The molecule has 0 saturated carbocycles. The number of hydrogen-bond acceptors (Lipinski definition) is 8. The first-order valence-electron chi connectivity index (χ1n) is 13.4. The van der Waals surface area contributed by atoms with Crippen molar-refractivity contribution in [2.24, 2.45) is 0 Å². The Morgan fingerprint density at radius 3 is 2.63 bits per heavy atom. The zero-order valence-corrected chi connectivity index (χ0v) is 22.5. The number of piperazine rings is 1. The molecule has 1 fully saturated rings. The number of amides is 1. The number of anilines is 2. The van der Waals surface area contributed by atoms with Crippen LogP contribution in [0.4, 0.5) is 24.5 Å². The van der Waals surface area contributed by atoms with E-state index in [-0.39, 0.29) is 24.5 Å². The van der Waals surface area contributed by atoms with E-state index in [9.17, 15) is 18.0 Å². The number of halogens is 3. The van der Waals surface area contributed by atoms with Gasteiger partial charge in [-0.2, -0.15) is 13.2 Å². The van der Waals surface area contributed by atoms with Crippen molar-refractivity contribution < 1.29 is 22.7 Å². The third-order valence-electron chi connectivity index (χ3n) is 7.56. The number of aromatic nitrogens is 5. The lowest BCUT2D eigenvalue weighted by molar-refractivity contribution is -0.154. The van der Waals surface area contributed by atoms with Crippen molar-refractivity contribution in [2.45, 2.75) is 38.7 Å². The Labute approximate surface area is 234 Å². The molecule has 0 N–H and O–H groups in total. The molecule has 3 aromatic heterocycles. The fourth-order valence-corrected chi connectivity index (χ4v) is 5.57. The van der Waals surface area contributed by atoms with E-state index >= 15 is 0 Å². The van der Waals surface area contributed by atoms with E-state index in [2.05, 4.69) is 59.6 Å². The number of hydrogen-bond donors (Lipinski definition) is 0. The van der Waals surface area contributed by atoms with Gasteiger partial charge in [-0.25, -0.2) is 19.9 Å². The molecular formula is C28H29F3N8O2. The average molecular weight is 567 g/mol. The minimum Gasteiger partial charge on any atom is -0.454 e. The molecule has 1 aromatic carbocycles. The number of imidazole rings is 1. The topological polar surface area (TPSA) is 92.5 Å². The van der Waals surface area contributed by atoms with Gasteiger partial charge in [-0.05, 0) is 42.7 Å². The highest BCUT2D eigenvalue weighted by Gasteiger charge is 2.31. The normalized spacial score (nSPS) is 17.6. The Balaban J connectivity index is 1.12. The van der Waals surface area contributed by atoms with Crippen LogP contribution >= 0.6 is 0 Å². The molecule has 0 unspecified atom stereocenters. The fourth-order valence-electron chi connectivity index (χ4n) is 5.57. The van der Waals surface area contributed by atoms with Crippen molar-refractivity contribution in [3.8, 4) is 6.01 Å². The van der Waals surface area contributed by atoms with Gasteiger partial charge in [-0.1, -0.05) is 12.1 Å². The summed E-state index contributed by atoms with van der Waals surface area (Å²) in [6, 6.07) is 9.72. The lowest BCUT2D eigenvalue weighted by Gasteiger charge is -2.43. The lowest BCUT2D eigenvalue weighted by Crippen LogP contribution is -2.55. The monoisotopic (exact) mass is 566 g/mol. The molecule has 41 heavy (non-hydrogen) atoms. The van der Waals surface area contributed by atoms with Gasteiger partial charge in [0, 0.05) is 50.6 Å². The minimum absolute atomic E-state index is 0.00665. The standard InChI is InChI=1S/C28H29F3N8O2/c1-19-14-37(10-11-39(19)25(40)16-38-18-35-23-5-3-8-32-26(23)38)24-6-2-4-20-7-9-36(15-22(20)24)21-12-33-27(34-13-21)41-17-28(29,30)31/h2-6,8,12-13,18-19H,7,9-11,14-17H2,1H3/t19-/m1/s1. The summed E-state index contributed by atoms with van der Waals surface area (Å²) >= 11 is 0. The third kappa shape index (κ3) is 5.74. The Hall–Kier alpha value is -4.42. The summed E-state index contributed by atoms with van der Waals surface area (Å²) in [7, 11) is 0. The lowest BCUT2D eigenvalue weighted by atomic mass is 9.96. The highest BCUT2D eigenvalue weighted by molar-refractivity contribution is 5.79. The Morgan fingerprint density at radius 1 is 1.02 bits per heavy atom. The first kappa shape index (κ1) is 26.8. The van der Waals surface area contributed by atoms with E-state index in [1.165, 1.54) is 23.5 Å². The van der Waals surface area contributed by atoms with Crippen LogP contribution in [0.25, 0.3) is 11.2 Å². The van der Waals surface area contributed by atoms with E-state index < -0.39 is 12.8 Å². The van der Waals surface area contributed by atoms with Crippen LogP contribution in [0.15, 0.2) is 55.2 Å². The van der Waals surface area contributed by atoms with Crippen LogP contribution in [-0.2, 0) is 24.3 Å². The van der Waals surface area contributed by atoms with Crippen LogP contribution in [0.5, 0.6) is 6.01 Å². The van der Waals surface area contributed by atoms with Crippen LogP contribution in [0.2, 0.25) is 0 Å². The summed E-state index contributed by atoms with van der Waals surface area (Å²) in [5.74, 6) is 0.0334. The molecule has 6 rings (SSSR count). The number of pyridine rings is 1. The summed E-state index contributed by atoms with van der Waals surface area (Å²) in [5, 5.41) is 0. The molecule has 4 aromatic rings. The highest BCUT2D eigenvalue weighted by atomic mass is 19.4. The summed E-state index contributed by atoms with van der Waals surface area (Å²) in [4.78, 5) is 36.3. The zero-order chi connectivity index (χ0) is 28.6. The molecule has 13 heteroatoms. The van der Waals surface area contributed by atoms with Crippen LogP contribution in [0.3, 0.4) is 0 Å². The van der Waals surface area contributed by atoms with E-state index in [1.54, 1.807) is 17.1 Å². The predicted molar refractivity (Wildman–Crippen MR) is 146 cm³/mol. The summed E-state index contributed by atoms with van der Waals surface area (Å²) in [5.41, 5.74) is 5.76. The number of fused-ring (bicyclic) bond motifs is 2. The number of nitrogens with zero attached hydrogens (tertiary/aromatic N) is 8. The van der Waals surface area contributed by atoms with E-state index in [0.29, 0.717) is 31.8 Å². The molecule has 0 aliphatic carbocycles. The summed E-state index contributed by atoms with van der Waals surface area (Å²) in [6.07, 6.45) is 2.72. The SMILES string of the molecule is C[C@@H]1CN(c2cccc3c2CN(c2cnc(OCC(F)(F)F)nc2)CC3)CCN1C(=O)Cn1cnc2cccnc21. The summed E-state index contributed by atoms with van der Waals surface area (Å²) < 4.78 is 43.7. The van der Waals surface area contributed by atoms with Gasteiger partial charge in [0.15, 0.2) is 12.3 Å². The van der Waals surface area contributed by atoms with Crippen LogP contribution in [0, 0.1) is 0 Å². The second-order valence-electron chi connectivity index (χ2n) is 10.3. The van der Waals surface area contributed by atoms with Crippen LogP contribution in [0.1, 0.15) is 18.1 Å². The number of carbonyl (C=O) groups excluding carboxylic acids is 1. The van der Waals surface area contributed by atoms with E-state index in [1.807, 2.05) is 17.0 Å². The Morgan fingerprint density at radius 2 is 1.85 bits per heavy atom. The molecule has 2 aliphatic rings. The van der Waals surface area contributed by atoms with Crippen LogP contribution in [-0.4, -0.2) is 80.3 Å². The molecule has 0 bridgehead atoms. The number of ether oxygens (including phenoxy) is 1. The van der Waals surface area contributed by atoms with Crippen molar-refractivity contribution in [3.63, 3.8) is 0 Å². The van der Waals surface area contributed by atoms with Gasteiger partial charge in [-0.15, -0.1) is 0 Å². The zero-order valence-electron chi connectivity index (χ0n) is 22.5. The molecule has 0 radical (unpaired) electrons. The van der Waals surface area contributed by atoms with Crippen molar-refractivity contribution >= 4 is 28.4 Å². The molecule has 0 spiro atoms. The second-order valence-corrected chi connectivity index (χ2v) is 10.3. The Kier molecular flexibility index (Phi) is 7.10. The predicted octanol–water partition coefficient (Wildman–Crippen LogP) is 3.46. The molecule has 2 aliphatic heterocycles. The van der Waals surface area contributed by atoms with Crippen molar-refractivity contribution in [2.75, 3.05) is 42.6 Å². The first-order chi connectivity index (χ1) is 19.7. The smallest absolute Gasteiger partial charge is 0.422 e. The van der Waals surface area contributed by atoms with Gasteiger partial charge in [0.2, 0.25) is 5.91 Å². The largest absolute Gasteiger partial charge is 0.454 e. The van der Waals surface area contributed by atoms with Crippen molar-refractivity contribution in [1.82, 2.24) is 29.4 Å². The highest BCUT2D eigenvalue weighted by Crippen LogP contribution is 2.33. The van der Waals surface area contributed by atoms with Gasteiger partial charge < -0.3 is 24.0 Å². The van der Waals surface area contributed by atoms with Crippen molar-refractivity contribution in [3.05, 3.63) is 66.4 Å². The number of alkyl halides is 3. The number of rotatable bonds is 6. The molecule has 5 heterocycles. The van der Waals surface area contributed by atoms with Crippen LogP contribution < -0.4 is 14.5 Å². The maximum Gasteiger partial charge on any atom is 0.422 e. The molecule has 1 atom stereocenters. The molecule has 10 nitrogen and oxygen atoms in total. The summed E-state index contributed by atoms with van der Waals surface area (Å²) in [6.45, 7) is 4.17. The van der Waals surface area contributed by atoms with Gasteiger partial charge in [0.1, 0.15) is 12.1 Å². The van der Waals surface area contributed by atoms with Gasteiger partial charge in [-0.3, -0.25) is 4.79 Å². The fraction of sp³-hybridized carbons (Fsp3) is 0.393. The number of carbonyl (C=O) groups is 1. The quantitative estimate of drug-likeness (QED) is 0.351. The van der Waals surface area contributed by atoms with Gasteiger partial charge in [0.05, 0.1) is 24.4 Å². The Bertz CT molecular complexity index is 1540. The van der Waals surface area contributed by atoms with Gasteiger partial charge in [0.25, 0.3) is 0 Å². The minimum atomic E-state index is -4.45. The number of benzene rings is 1. The second kappa shape index (κ2) is 10.9. The molecule has 1 amide bonds. The molecular weight excluding hydrogens is 537 g/mol. The van der Waals surface area contributed by atoms with Crippen molar-refractivity contribution in [1.29, 1.82) is 0 Å². The first-order valence-corrected chi connectivity index (χ1v) is 13.4. The van der Waals surface area contributed by atoms with E-state index in [0.717, 1.165) is 29.9 Å². The van der Waals surface area contributed by atoms with E-state index in [4.69, 9.17) is 0 Å². The van der Waals surface area contributed by atoms with Gasteiger partial charge >= 0.3 is 12.2 Å². The average Bonchev–Trinajstić information content (AvgIpc) is 3.38. The maximum absolute atomic E-state index is 13.3. The third-order valence-corrected chi connectivity index (χ3v) is 7.56. The maximum atomic E-state index is 13.3. The molecule has 1 saturated heterocycles. The molecule has 214 valence electrons.